The van der Waals surface area contributed by atoms with Gasteiger partial charge >= 0.3 is 12.4 Å². The van der Waals surface area contributed by atoms with E-state index in [-0.39, 0.29) is 57.6 Å². The topological polar surface area (TPSA) is 46.9 Å². The molecule has 38 heavy (non-hydrogen) atoms. The molecule has 1 aromatic carbocycles. The number of halogens is 6. The monoisotopic (exact) mass is 549 g/mol. The summed E-state index contributed by atoms with van der Waals surface area (Å²) < 4.78 is 92.4. The largest absolute Gasteiger partial charge is 0.493 e. The maximum atomic E-state index is 13.6. The van der Waals surface area contributed by atoms with Gasteiger partial charge in [-0.2, -0.15) is 26.3 Å². The number of rotatable bonds is 5. The number of hydrogen-bond acceptors (Lipinski definition) is 4. The Hall–Kier alpha value is -2.89. The van der Waals surface area contributed by atoms with E-state index in [1.54, 1.807) is 18.2 Å². The van der Waals surface area contributed by atoms with Crippen molar-refractivity contribution in [2.24, 2.45) is 0 Å². The van der Waals surface area contributed by atoms with Gasteiger partial charge in [-0.3, -0.25) is 9.69 Å². The van der Waals surface area contributed by atoms with Crippen molar-refractivity contribution in [1.29, 1.82) is 0 Å². The number of fused-ring (bicyclic) bond motifs is 1. The fourth-order valence-electron chi connectivity index (χ4n) is 4.59. The van der Waals surface area contributed by atoms with Gasteiger partial charge in [-0.1, -0.05) is 0 Å². The molecular weight excluding hydrogens is 516 g/mol. The number of carbonyl (C=O) groups is 1. The first-order valence-electron chi connectivity index (χ1n) is 12.5. The summed E-state index contributed by atoms with van der Waals surface area (Å²) in [7, 11) is 1.45. The molecule has 0 unspecified atom stereocenters. The Morgan fingerprint density at radius 2 is 1.63 bits per heavy atom. The first-order chi connectivity index (χ1) is 17.8. The number of aromatic nitrogens is 1. The van der Waals surface area contributed by atoms with Gasteiger partial charge in [0.15, 0.2) is 11.5 Å². The molecule has 0 saturated carbocycles. The van der Waals surface area contributed by atoms with E-state index in [1.165, 1.54) is 18.1 Å². The summed E-state index contributed by atoms with van der Waals surface area (Å²) in [5.74, 6) is 0.495. The van der Waals surface area contributed by atoms with Crippen LogP contribution in [0.3, 0.4) is 0 Å². The van der Waals surface area contributed by atoms with Crippen molar-refractivity contribution < 1.29 is 40.6 Å². The molecule has 2 aromatic rings. The number of ether oxygens (including phenoxy) is 2. The van der Waals surface area contributed by atoms with Crippen LogP contribution in [0.25, 0.3) is 0 Å². The fraction of sp³-hybridized carbons (Fsp3) is 0.577. The van der Waals surface area contributed by atoms with Gasteiger partial charge in [-0.05, 0) is 63.4 Å². The quantitative estimate of drug-likeness (QED) is 0.453. The number of hydrogen-bond donors (Lipinski definition) is 0. The Bertz CT molecular complexity index is 1080. The van der Waals surface area contributed by atoms with Crippen LogP contribution in [0.15, 0.2) is 30.3 Å². The average Bonchev–Trinajstić information content (AvgIpc) is 3.22. The third-order valence-electron chi connectivity index (χ3n) is 6.23. The molecule has 0 saturated heterocycles. The summed E-state index contributed by atoms with van der Waals surface area (Å²) in [5, 5.41) is 0. The molecular formula is C26H33F6N3O3. The highest BCUT2D eigenvalue weighted by molar-refractivity contribution is 5.95. The number of aryl methyl sites for hydroxylation is 1. The van der Waals surface area contributed by atoms with Crippen LogP contribution in [0.4, 0.5) is 26.3 Å². The van der Waals surface area contributed by atoms with Gasteiger partial charge in [0.2, 0.25) is 0 Å². The Kier molecular flexibility index (Phi) is 9.61. The van der Waals surface area contributed by atoms with E-state index in [1.807, 2.05) is 13.8 Å². The maximum absolute atomic E-state index is 13.6. The third-order valence-corrected chi connectivity index (χ3v) is 6.23. The normalized spacial score (nSPS) is 16.5. The molecule has 0 radical (unpaired) electrons. The van der Waals surface area contributed by atoms with E-state index >= 15 is 0 Å². The molecule has 1 amide bonds. The minimum absolute atomic E-state index is 0.0221. The molecule has 1 aliphatic heterocycles. The lowest BCUT2D eigenvalue weighted by Gasteiger charge is -2.29. The maximum Gasteiger partial charge on any atom is 0.431 e. The SMILES string of the molecule is COc1cc(C(=O)N2CCCc3ccc(C(F)(F)F)n3CCN(CC(F)(F)F)CCC2)ccc1OC(C)C. The average molecular weight is 550 g/mol. The number of nitrogens with zero attached hydrogens (tertiary/aromatic N) is 3. The predicted octanol–water partition coefficient (Wildman–Crippen LogP) is 5.65. The lowest BCUT2D eigenvalue weighted by molar-refractivity contribution is -0.149. The van der Waals surface area contributed by atoms with E-state index in [4.69, 9.17) is 9.47 Å². The van der Waals surface area contributed by atoms with Gasteiger partial charge in [0, 0.05) is 44.0 Å². The molecule has 212 valence electrons. The van der Waals surface area contributed by atoms with E-state index < -0.39 is 24.6 Å². The second-order valence-electron chi connectivity index (χ2n) is 9.53. The van der Waals surface area contributed by atoms with Crippen LogP contribution in [0.2, 0.25) is 0 Å². The van der Waals surface area contributed by atoms with Gasteiger partial charge in [-0.25, -0.2) is 0 Å². The molecule has 1 aromatic heterocycles. The van der Waals surface area contributed by atoms with Crippen LogP contribution in [0.1, 0.15) is 48.4 Å². The lowest BCUT2D eigenvalue weighted by atomic mass is 10.1. The van der Waals surface area contributed by atoms with Crippen molar-refractivity contribution in [3.63, 3.8) is 0 Å². The Morgan fingerprint density at radius 1 is 0.921 bits per heavy atom. The fourth-order valence-corrected chi connectivity index (χ4v) is 4.59. The van der Waals surface area contributed by atoms with Crippen molar-refractivity contribution in [1.82, 2.24) is 14.4 Å². The van der Waals surface area contributed by atoms with Crippen LogP contribution >= 0.6 is 0 Å². The van der Waals surface area contributed by atoms with Crippen LogP contribution in [0.5, 0.6) is 11.5 Å². The number of amides is 1. The summed E-state index contributed by atoms with van der Waals surface area (Å²) in [4.78, 5) is 16.0. The van der Waals surface area contributed by atoms with Crippen molar-refractivity contribution >= 4 is 5.91 Å². The van der Waals surface area contributed by atoms with E-state index in [0.29, 0.717) is 29.2 Å². The second-order valence-corrected chi connectivity index (χ2v) is 9.53. The first-order valence-corrected chi connectivity index (χ1v) is 12.5. The zero-order valence-electron chi connectivity index (χ0n) is 21.7. The smallest absolute Gasteiger partial charge is 0.431 e. The zero-order valence-corrected chi connectivity index (χ0v) is 21.7. The van der Waals surface area contributed by atoms with Crippen LogP contribution in [0, 0.1) is 0 Å². The number of alkyl halides is 6. The highest BCUT2D eigenvalue weighted by atomic mass is 19.4. The standard InChI is InChI=1S/C26H33F6N3O3/c1-18(2)38-21-9-7-19(16-22(21)37-3)24(36)34-12-4-6-20-8-10-23(26(30,31)32)35(20)15-14-33(11-5-13-34)17-25(27,28)29/h7-10,16,18H,4-6,11-15,17H2,1-3H3. The van der Waals surface area contributed by atoms with Gasteiger partial charge < -0.3 is 18.9 Å². The highest BCUT2D eigenvalue weighted by Gasteiger charge is 2.36. The number of carbonyl (C=O) groups excluding carboxylic acids is 1. The minimum atomic E-state index is -4.63. The Morgan fingerprint density at radius 3 is 2.26 bits per heavy atom. The van der Waals surface area contributed by atoms with Crippen molar-refractivity contribution in [3.8, 4) is 11.5 Å². The van der Waals surface area contributed by atoms with E-state index in [9.17, 15) is 31.1 Å². The Labute approximate surface area is 218 Å². The summed E-state index contributed by atoms with van der Waals surface area (Å²) in [5.41, 5.74) is -0.200. The molecule has 6 nitrogen and oxygen atoms in total. The first kappa shape index (κ1) is 29.7. The summed E-state index contributed by atoms with van der Waals surface area (Å²) in [6, 6.07) is 7.08. The third kappa shape index (κ3) is 8.05. The van der Waals surface area contributed by atoms with E-state index in [2.05, 4.69) is 0 Å². The number of benzene rings is 1. The molecule has 0 N–H and O–H groups in total. The van der Waals surface area contributed by atoms with Crippen molar-refractivity contribution in [3.05, 3.63) is 47.3 Å². The molecule has 0 bridgehead atoms. The second kappa shape index (κ2) is 12.3. The Balaban J connectivity index is 1.86. The molecule has 12 heteroatoms. The van der Waals surface area contributed by atoms with Crippen LogP contribution in [-0.4, -0.2) is 72.4 Å². The van der Waals surface area contributed by atoms with E-state index in [0.717, 1.165) is 15.5 Å². The molecule has 0 atom stereocenters. The van der Waals surface area contributed by atoms with Crippen molar-refractivity contribution in [2.75, 3.05) is 39.8 Å². The summed E-state index contributed by atoms with van der Waals surface area (Å²) in [6.07, 6.45) is -8.38. The van der Waals surface area contributed by atoms with Crippen LogP contribution in [-0.2, 0) is 19.1 Å². The van der Waals surface area contributed by atoms with Crippen LogP contribution < -0.4 is 9.47 Å². The summed E-state index contributed by atoms with van der Waals surface area (Å²) >= 11 is 0. The molecule has 1 aliphatic rings. The number of methoxy groups -OCH3 is 1. The molecule has 2 heterocycles. The van der Waals surface area contributed by atoms with Gasteiger partial charge in [0.1, 0.15) is 5.69 Å². The molecule has 0 spiro atoms. The summed E-state index contributed by atoms with van der Waals surface area (Å²) in [6.45, 7) is 2.47. The molecule has 0 fully saturated rings. The zero-order chi connectivity index (χ0) is 28.1. The molecule has 3 rings (SSSR count). The lowest BCUT2D eigenvalue weighted by Crippen LogP contribution is -2.40. The molecule has 0 aliphatic carbocycles. The van der Waals surface area contributed by atoms with Gasteiger partial charge in [0.05, 0.1) is 19.8 Å². The minimum Gasteiger partial charge on any atom is -0.493 e. The predicted molar refractivity (Wildman–Crippen MR) is 130 cm³/mol. The van der Waals surface area contributed by atoms with Crippen molar-refractivity contribution in [2.45, 2.75) is 58.1 Å². The van der Waals surface area contributed by atoms with Gasteiger partial charge in [0.25, 0.3) is 5.91 Å². The highest BCUT2D eigenvalue weighted by Crippen LogP contribution is 2.32. The van der Waals surface area contributed by atoms with Gasteiger partial charge in [-0.15, -0.1) is 0 Å².